The maximum atomic E-state index is 11.9. The molecule has 0 spiro atoms. The monoisotopic (exact) mass is 267 g/mol. The van der Waals surface area contributed by atoms with E-state index in [0.717, 1.165) is 5.41 Å². The summed E-state index contributed by atoms with van der Waals surface area (Å²) in [5, 5.41) is 3.77. The lowest BCUT2D eigenvalue weighted by molar-refractivity contribution is 0.0947. The largest absolute Gasteiger partial charge is 0.497 e. The molecule has 1 amide bonds. The average Bonchev–Trinajstić information content (AvgIpc) is 2.68. The second-order valence-electron chi connectivity index (χ2n) is 3.97. The molecule has 1 atom stereocenters. The van der Waals surface area contributed by atoms with Crippen molar-refractivity contribution in [3.63, 3.8) is 0 Å². The fourth-order valence-electron chi connectivity index (χ4n) is 1.68. The Kier molecular flexibility index (Phi) is 3.38. The van der Waals surface area contributed by atoms with Gasteiger partial charge in [0.25, 0.3) is 5.91 Å². The van der Waals surface area contributed by atoms with Crippen LogP contribution in [0.2, 0.25) is 0 Å². The van der Waals surface area contributed by atoms with Crippen LogP contribution >= 0.6 is 0 Å². The molecular formula is C12H13NO4S. The topological polar surface area (TPSA) is 72.5 Å². The van der Waals surface area contributed by atoms with E-state index in [-0.39, 0.29) is 11.7 Å². The van der Waals surface area contributed by atoms with Gasteiger partial charge in [-0.1, -0.05) is 6.07 Å². The lowest BCUT2D eigenvalue weighted by Crippen LogP contribution is -2.35. The number of amides is 1. The Balaban J connectivity index is 2.06. The van der Waals surface area contributed by atoms with Gasteiger partial charge in [-0.15, -0.1) is 0 Å². The van der Waals surface area contributed by atoms with Crippen molar-refractivity contribution in [2.45, 2.75) is 6.04 Å². The summed E-state index contributed by atoms with van der Waals surface area (Å²) in [5.41, 5.74) is 0.437. The van der Waals surface area contributed by atoms with Crippen LogP contribution in [0.15, 0.2) is 35.7 Å². The van der Waals surface area contributed by atoms with E-state index in [0.29, 0.717) is 11.3 Å². The minimum Gasteiger partial charge on any atom is -0.497 e. The molecule has 0 aliphatic carbocycles. The van der Waals surface area contributed by atoms with Crippen LogP contribution in [0.3, 0.4) is 0 Å². The lowest BCUT2D eigenvalue weighted by Gasteiger charge is -2.10. The highest BCUT2D eigenvalue weighted by atomic mass is 32.2. The Morgan fingerprint density at radius 1 is 1.44 bits per heavy atom. The molecule has 0 saturated carbocycles. The van der Waals surface area contributed by atoms with Gasteiger partial charge in [-0.2, -0.15) is 0 Å². The zero-order chi connectivity index (χ0) is 13.2. The number of carbonyl (C=O) groups is 1. The smallest absolute Gasteiger partial charge is 0.251 e. The highest BCUT2D eigenvalue weighted by Crippen LogP contribution is 2.13. The molecule has 1 unspecified atom stereocenters. The molecule has 1 aromatic carbocycles. The zero-order valence-corrected chi connectivity index (χ0v) is 10.6. The molecule has 1 aliphatic rings. The van der Waals surface area contributed by atoms with Crippen molar-refractivity contribution in [3.05, 3.63) is 41.3 Å². The van der Waals surface area contributed by atoms with E-state index in [9.17, 15) is 13.2 Å². The van der Waals surface area contributed by atoms with Crippen molar-refractivity contribution < 1.29 is 17.9 Å². The van der Waals surface area contributed by atoms with Gasteiger partial charge in [-0.3, -0.25) is 4.79 Å². The van der Waals surface area contributed by atoms with Crippen molar-refractivity contribution >= 4 is 15.7 Å². The zero-order valence-electron chi connectivity index (χ0n) is 9.79. The summed E-state index contributed by atoms with van der Waals surface area (Å²) in [6.07, 6.45) is 1.48. The van der Waals surface area contributed by atoms with Crippen LogP contribution in [-0.4, -0.2) is 33.2 Å². The van der Waals surface area contributed by atoms with E-state index in [1.54, 1.807) is 24.3 Å². The molecule has 1 aromatic rings. The molecule has 18 heavy (non-hydrogen) atoms. The number of sulfone groups is 1. The average molecular weight is 267 g/mol. The summed E-state index contributed by atoms with van der Waals surface area (Å²) >= 11 is 0. The minimum atomic E-state index is -3.16. The molecule has 0 saturated heterocycles. The first kappa shape index (κ1) is 12.6. The Morgan fingerprint density at radius 3 is 2.83 bits per heavy atom. The van der Waals surface area contributed by atoms with Crippen molar-refractivity contribution in [1.82, 2.24) is 5.32 Å². The summed E-state index contributed by atoms with van der Waals surface area (Å²) in [6, 6.07) is 6.22. The maximum Gasteiger partial charge on any atom is 0.251 e. The van der Waals surface area contributed by atoms with Crippen LogP contribution in [0.4, 0.5) is 0 Å². The highest BCUT2D eigenvalue weighted by Gasteiger charge is 2.23. The van der Waals surface area contributed by atoms with E-state index in [1.165, 1.54) is 13.2 Å². The van der Waals surface area contributed by atoms with Crippen molar-refractivity contribution in [3.8, 4) is 5.75 Å². The molecule has 2 rings (SSSR count). The van der Waals surface area contributed by atoms with Crippen LogP contribution in [0, 0.1) is 0 Å². The third kappa shape index (κ3) is 2.89. The molecule has 1 aliphatic heterocycles. The van der Waals surface area contributed by atoms with Gasteiger partial charge in [0.15, 0.2) is 9.84 Å². The van der Waals surface area contributed by atoms with Crippen molar-refractivity contribution in [2.75, 3.05) is 12.9 Å². The molecule has 0 radical (unpaired) electrons. The molecule has 96 valence electrons. The molecule has 1 N–H and O–H groups in total. The van der Waals surface area contributed by atoms with E-state index in [2.05, 4.69) is 5.32 Å². The van der Waals surface area contributed by atoms with Crippen molar-refractivity contribution in [2.24, 2.45) is 0 Å². The van der Waals surface area contributed by atoms with Crippen LogP contribution in [0.25, 0.3) is 0 Å². The first-order valence-corrected chi connectivity index (χ1v) is 7.07. The Labute approximate surface area is 105 Å². The summed E-state index contributed by atoms with van der Waals surface area (Å²) in [5.74, 6) is 0.181. The third-order valence-corrected chi connectivity index (χ3v) is 3.97. The first-order chi connectivity index (χ1) is 8.50. The summed E-state index contributed by atoms with van der Waals surface area (Å²) in [7, 11) is -1.64. The number of rotatable bonds is 3. The standard InChI is InChI=1S/C12H13NO4S/c1-17-11-4-2-3-9(7-11)12(14)13-10-5-6-18(15,16)8-10/h2-7,10H,8H2,1H3,(H,13,14). The predicted octanol–water partition coefficient (Wildman–Crippen LogP) is 0.736. The summed E-state index contributed by atoms with van der Waals surface area (Å²) in [4.78, 5) is 11.9. The first-order valence-electron chi connectivity index (χ1n) is 5.36. The number of methoxy groups -OCH3 is 1. The maximum absolute atomic E-state index is 11.9. The quantitative estimate of drug-likeness (QED) is 0.876. The van der Waals surface area contributed by atoms with E-state index in [4.69, 9.17) is 4.74 Å². The van der Waals surface area contributed by atoms with Gasteiger partial charge in [-0.05, 0) is 24.3 Å². The predicted molar refractivity (Wildman–Crippen MR) is 67.2 cm³/mol. The molecule has 0 aromatic heterocycles. The van der Waals surface area contributed by atoms with E-state index >= 15 is 0 Å². The highest BCUT2D eigenvalue weighted by molar-refractivity contribution is 7.94. The molecule has 6 heteroatoms. The van der Waals surface area contributed by atoms with Crippen LogP contribution < -0.4 is 10.1 Å². The van der Waals surface area contributed by atoms with Gasteiger partial charge in [0, 0.05) is 11.0 Å². The van der Waals surface area contributed by atoms with Gasteiger partial charge in [0.1, 0.15) is 5.75 Å². The van der Waals surface area contributed by atoms with Gasteiger partial charge in [0.05, 0.1) is 18.9 Å². The van der Waals surface area contributed by atoms with Gasteiger partial charge >= 0.3 is 0 Å². The number of carbonyl (C=O) groups excluding carboxylic acids is 1. The fourth-order valence-corrected chi connectivity index (χ4v) is 2.92. The van der Waals surface area contributed by atoms with Crippen LogP contribution in [0.1, 0.15) is 10.4 Å². The number of ether oxygens (including phenoxy) is 1. The Hall–Kier alpha value is -1.82. The molecule has 0 bridgehead atoms. The number of nitrogens with one attached hydrogen (secondary N) is 1. The Morgan fingerprint density at radius 2 is 2.22 bits per heavy atom. The molecular weight excluding hydrogens is 254 g/mol. The van der Waals surface area contributed by atoms with Crippen molar-refractivity contribution in [1.29, 1.82) is 0 Å². The van der Waals surface area contributed by atoms with Gasteiger partial charge in [-0.25, -0.2) is 8.42 Å². The fraction of sp³-hybridized carbons (Fsp3) is 0.250. The van der Waals surface area contributed by atoms with E-state index in [1.807, 2.05) is 0 Å². The molecule has 1 heterocycles. The number of hydrogen-bond donors (Lipinski definition) is 1. The SMILES string of the molecule is COc1cccc(C(=O)NC2C=CS(=O)(=O)C2)c1. The minimum absolute atomic E-state index is 0.0806. The second-order valence-corrected chi connectivity index (χ2v) is 5.90. The van der Waals surface area contributed by atoms with Gasteiger partial charge in [0.2, 0.25) is 0 Å². The number of hydrogen-bond acceptors (Lipinski definition) is 4. The second kappa shape index (κ2) is 4.81. The molecule has 5 nitrogen and oxygen atoms in total. The van der Waals surface area contributed by atoms with Gasteiger partial charge < -0.3 is 10.1 Å². The van der Waals surface area contributed by atoms with Crippen LogP contribution in [0.5, 0.6) is 5.75 Å². The molecule has 0 fully saturated rings. The summed E-state index contributed by atoms with van der Waals surface area (Å²) in [6.45, 7) is 0. The normalized spacial score (nSPS) is 20.6. The number of benzene rings is 1. The third-order valence-electron chi connectivity index (χ3n) is 2.58. The lowest BCUT2D eigenvalue weighted by atomic mass is 10.2. The van der Waals surface area contributed by atoms with E-state index < -0.39 is 15.9 Å². The summed E-state index contributed by atoms with van der Waals surface area (Å²) < 4.78 is 27.4. The van der Waals surface area contributed by atoms with Crippen LogP contribution in [-0.2, 0) is 9.84 Å². The Bertz CT molecular complexity index is 592.